The predicted octanol–water partition coefficient (Wildman–Crippen LogP) is 2.00. The molecule has 28 heavy (non-hydrogen) atoms. The van der Waals surface area contributed by atoms with E-state index in [9.17, 15) is 10.2 Å². The number of rotatable bonds is 8. The van der Waals surface area contributed by atoms with Crippen LogP contribution < -0.4 is 5.32 Å². The molecule has 0 saturated carbocycles. The highest BCUT2D eigenvalue weighted by Crippen LogP contribution is 2.42. The Kier molecular flexibility index (Phi) is 6.44. The molecule has 0 aromatic carbocycles. The average molecular weight is 409 g/mol. The molecule has 0 amide bonds. The Morgan fingerprint density at radius 3 is 2.71 bits per heavy atom. The van der Waals surface area contributed by atoms with Crippen LogP contribution in [0.5, 0.6) is 0 Å². The van der Waals surface area contributed by atoms with Crippen LogP contribution in [0.2, 0.25) is 0 Å². The van der Waals surface area contributed by atoms with Crippen molar-refractivity contribution in [1.29, 1.82) is 0 Å². The summed E-state index contributed by atoms with van der Waals surface area (Å²) in [5.41, 5.74) is 1.20. The lowest BCUT2D eigenvalue weighted by Gasteiger charge is -2.26. The van der Waals surface area contributed by atoms with Crippen molar-refractivity contribution in [3.63, 3.8) is 0 Å². The van der Waals surface area contributed by atoms with Gasteiger partial charge in [0, 0.05) is 6.54 Å². The highest BCUT2D eigenvalue weighted by Gasteiger charge is 2.46. The molecule has 1 fully saturated rings. The molecule has 3 heterocycles. The summed E-state index contributed by atoms with van der Waals surface area (Å²) >= 11 is 0. The molecule has 3 rings (SSSR count). The van der Waals surface area contributed by atoms with Crippen LogP contribution in [0.15, 0.2) is 12.7 Å². The van der Waals surface area contributed by atoms with Crippen molar-refractivity contribution in [2.24, 2.45) is 5.92 Å². The van der Waals surface area contributed by atoms with Crippen molar-refractivity contribution in [1.82, 2.24) is 19.5 Å². The lowest BCUT2D eigenvalue weighted by Crippen LogP contribution is -2.35. The van der Waals surface area contributed by atoms with Crippen molar-refractivity contribution in [2.75, 3.05) is 31.4 Å². The number of imidazole rings is 1. The first-order valence-corrected chi connectivity index (χ1v) is 12.9. The average Bonchev–Trinajstić information content (AvgIpc) is 3.16. The van der Waals surface area contributed by atoms with E-state index in [1.54, 1.807) is 10.9 Å². The molecular formula is C19H32N5O3P. The number of hydrogen-bond donors (Lipinski definition) is 3. The SMILES string of the molecule is C=P(C)(C)CC(C)[C@H]1O[C@@H](n2cnc3c(NCCCC)ncnc32)[C@H](O)[C@@H]1O. The zero-order chi connectivity index (χ0) is 20.5. The third kappa shape index (κ3) is 4.40. The van der Waals surface area contributed by atoms with E-state index in [1.807, 2.05) is 6.92 Å². The van der Waals surface area contributed by atoms with Gasteiger partial charge in [-0.15, -0.1) is 13.2 Å². The Balaban J connectivity index is 1.84. The fraction of sp³-hybridized carbons (Fsp3) is 0.684. The molecule has 0 spiro atoms. The van der Waals surface area contributed by atoms with Gasteiger partial charge in [-0.2, -0.15) is 0 Å². The summed E-state index contributed by atoms with van der Waals surface area (Å²) in [7, 11) is 0. The maximum atomic E-state index is 10.7. The standard InChI is InChI=1S/C19H32N5O3P/c1-6-7-8-20-17-13-18(22-10-21-17)24(11-23-13)19-15(26)14(25)16(27-19)12(2)9-28(3,4)5/h10-12,14-16,19,25-26H,3,6-9H2,1-2,4-5H3,(H,20,21,22)/t12?,14-,15+,16+,19+/m0/s1. The highest BCUT2D eigenvalue weighted by atomic mass is 31.2. The molecule has 1 saturated heterocycles. The summed E-state index contributed by atoms with van der Waals surface area (Å²) in [6.07, 6.45) is 7.11. The van der Waals surface area contributed by atoms with Crippen molar-refractivity contribution in [3.8, 4) is 0 Å². The Morgan fingerprint density at radius 1 is 1.29 bits per heavy atom. The quantitative estimate of drug-likeness (QED) is 0.452. The van der Waals surface area contributed by atoms with Crippen LogP contribution in [0.1, 0.15) is 32.9 Å². The Morgan fingerprint density at radius 2 is 2.04 bits per heavy atom. The van der Waals surface area contributed by atoms with E-state index in [-0.39, 0.29) is 5.92 Å². The maximum absolute atomic E-state index is 10.7. The highest BCUT2D eigenvalue weighted by molar-refractivity contribution is 7.72. The second-order valence-corrected chi connectivity index (χ2v) is 12.6. The number of nitrogens with one attached hydrogen (secondary N) is 1. The molecule has 1 unspecified atom stereocenters. The van der Waals surface area contributed by atoms with Gasteiger partial charge in [-0.25, -0.2) is 15.0 Å². The van der Waals surface area contributed by atoms with Crippen molar-refractivity contribution in [2.45, 2.75) is 51.2 Å². The fourth-order valence-electron chi connectivity index (χ4n) is 3.82. The number of aliphatic hydroxyl groups is 2. The molecule has 0 aliphatic carbocycles. The monoisotopic (exact) mass is 409 g/mol. The maximum Gasteiger partial charge on any atom is 0.167 e. The van der Waals surface area contributed by atoms with Crippen LogP contribution in [0.3, 0.4) is 0 Å². The molecule has 0 bridgehead atoms. The molecule has 1 aliphatic rings. The van der Waals surface area contributed by atoms with E-state index in [1.165, 1.54) is 6.33 Å². The molecule has 156 valence electrons. The van der Waals surface area contributed by atoms with Gasteiger partial charge in [0.05, 0.1) is 12.4 Å². The second kappa shape index (κ2) is 8.49. The third-order valence-corrected chi connectivity index (χ3v) is 6.64. The number of aromatic nitrogens is 4. The largest absolute Gasteiger partial charge is 0.388 e. The van der Waals surface area contributed by atoms with Crippen LogP contribution >= 0.6 is 6.89 Å². The lowest BCUT2D eigenvalue weighted by molar-refractivity contribution is -0.0487. The van der Waals surface area contributed by atoms with Gasteiger partial charge in [0.2, 0.25) is 0 Å². The van der Waals surface area contributed by atoms with Gasteiger partial charge in [-0.3, -0.25) is 4.57 Å². The van der Waals surface area contributed by atoms with Gasteiger partial charge >= 0.3 is 0 Å². The van der Waals surface area contributed by atoms with Gasteiger partial charge in [0.15, 0.2) is 23.2 Å². The minimum atomic E-state index is -1.28. The first kappa shape index (κ1) is 21.2. The minimum Gasteiger partial charge on any atom is -0.388 e. The van der Waals surface area contributed by atoms with Gasteiger partial charge in [-0.1, -0.05) is 20.3 Å². The number of anilines is 1. The van der Waals surface area contributed by atoms with Gasteiger partial charge in [0.25, 0.3) is 0 Å². The zero-order valence-electron chi connectivity index (χ0n) is 17.1. The molecule has 2 aromatic heterocycles. The van der Waals surface area contributed by atoms with E-state index >= 15 is 0 Å². The summed E-state index contributed by atoms with van der Waals surface area (Å²) in [4.78, 5) is 13.0. The van der Waals surface area contributed by atoms with E-state index in [2.05, 4.69) is 46.8 Å². The minimum absolute atomic E-state index is 0.0890. The Hall–Kier alpha value is -1.47. The molecule has 2 aromatic rings. The van der Waals surface area contributed by atoms with Gasteiger partial charge in [0.1, 0.15) is 18.5 Å². The fourth-order valence-corrected chi connectivity index (χ4v) is 5.59. The lowest BCUT2D eigenvalue weighted by atomic mass is 10.0. The van der Waals surface area contributed by atoms with Crippen LogP contribution in [0.25, 0.3) is 11.2 Å². The summed E-state index contributed by atoms with van der Waals surface area (Å²) in [6, 6.07) is 0. The first-order chi connectivity index (χ1) is 13.2. The van der Waals surface area contributed by atoms with E-state index in [0.717, 1.165) is 25.5 Å². The normalized spacial score (nSPS) is 26.6. The summed E-state index contributed by atoms with van der Waals surface area (Å²) in [5.74, 6) is 0.755. The molecular weight excluding hydrogens is 377 g/mol. The van der Waals surface area contributed by atoms with Crippen LogP contribution in [0.4, 0.5) is 5.82 Å². The number of aliphatic hydroxyl groups excluding tert-OH is 2. The number of unbranched alkanes of at least 4 members (excludes halogenated alkanes) is 1. The van der Waals surface area contributed by atoms with E-state index in [4.69, 9.17) is 4.74 Å². The Labute approximate surface area is 166 Å². The zero-order valence-corrected chi connectivity index (χ0v) is 18.0. The van der Waals surface area contributed by atoms with Crippen LogP contribution in [-0.2, 0) is 4.74 Å². The van der Waals surface area contributed by atoms with Gasteiger partial charge in [-0.05, 0) is 31.8 Å². The number of hydrogen-bond acceptors (Lipinski definition) is 7. The third-order valence-electron chi connectivity index (χ3n) is 5.07. The molecule has 5 atom stereocenters. The smallest absolute Gasteiger partial charge is 0.167 e. The van der Waals surface area contributed by atoms with E-state index < -0.39 is 31.4 Å². The first-order valence-electron chi connectivity index (χ1n) is 9.83. The topological polar surface area (TPSA) is 105 Å². The van der Waals surface area contributed by atoms with E-state index in [0.29, 0.717) is 17.0 Å². The molecule has 1 aliphatic heterocycles. The van der Waals surface area contributed by atoms with Gasteiger partial charge < -0.3 is 20.3 Å². The van der Waals surface area contributed by atoms with Crippen molar-refractivity contribution < 1.29 is 14.9 Å². The molecule has 9 heteroatoms. The van der Waals surface area contributed by atoms with Crippen molar-refractivity contribution >= 4 is 30.2 Å². The molecule has 3 N–H and O–H groups in total. The number of fused-ring (bicyclic) bond motifs is 1. The van der Waals surface area contributed by atoms with Crippen LogP contribution in [-0.4, -0.2) is 80.4 Å². The summed E-state index contributed by atoms with van der Waals surface area (Å²) in [5, 5.41) is 24.5. The summed E-state index contributed by atoms with van der Waals surface area (Å²) < 4.78 is 7.80. The molecule has 0 radical (unpaired) electrons. The molecule has 8 nitrogen and oxygen atoms in total. The second-order valence-electron chi connectivity index (χ2n) is 8.39. The summed E-state index contributed by atoms with van der Waals surface area (Å²) in [6.45, 7) is 8.01. The van der Waals surface area contributed by atoms with Crippen LogP contribution in [0, 0.1) is 5.92 Å². The van der Waals surface area contributed by atoms with Crippen molar-refractivity contribution in [3.05, 3.63) is 12.7 Å². The Bertz CT molecular complexity index is 851. The number of nitrogens with zero attached hydrogens (tertiary/aromatic N) is 4. The number of ether oxygens (including phenoxy) is 1. The predicted molar refractivity (Wildman–Crippen MR) is 115 cm³/mol.